The zero-order valence-electron chi connectivity index (χ0n) is 11.0. The fourth-order valence-electron chi connectivity index (χ4n) is 1.65. The molecule has 1 aromatic carbocycles. The second-order valence-corrected chi connectivity index (χ2v) is 6.25. The summed E-state index contributed by atoms with van der Waals surface area (Å²) in [6, 6.07) is 4.96. The molecular weight excluding hydrogens is 298 g/mol. The molecular formula is C12H13N3O3S2. The summed E-state index contributed by atoms with van der Waals surface area (Å²) in [5.41, 5.74) is 7.36. The van der Waals surface area contributed by atoms with Crippen molar-refractivity contribution in [2.24, 2.45) is 0 Å². The van der Waals surface area contributed by atoms with Crippen molar-refractivity contribution in [3.8, 4) is 5.75 Å². The maximum Gasteiger partial charge on any atom is 0.311 e. The number of nitro benzene ring substituents is 1. The molecule has 20 heavy (non-hydrogen) atoms. The number of hydrogen-bond donors (Lipinski definition) is 1. The van der Waals surface area contributed by atoms with E-state index in [-0.39, 0.29) is 11.4 Å². The van der Waals surface area contributed by atoms with Crippen LogP contribution < -0.4 is 10.5 Å². The average Bonchev–Trinajstić information content (AvgIpc) is 2.74. The third-order valence-electron chi connectivity index (χ3n) is 2.58. The van der Waals surface area contributed by atoms with Gasteiger partial charge in [-0.3, -0.25) is 10.1 Å². The van der Waals surface area contributed by atoms with Gasteiger partial charge in [0.05, 0.1) is 21.9 Å². The van der Waals surface area contributed by atoms with E-state index in [0.29, 0.717) is 10.9 Å². The lowest BCUT2D eigenvalue weighted by Gasteiger charge is -2.04. The van der Waals surface area contributed by atoms with Crippen LogP contribution in [-0.4, -0.2) is 17.0 Å². The number of thiazole rings is 1. The Kier molecular flexibility index (Phi) is 4.46. The van der Waals surface area contributed by atoms with E-state index in [2.05, 4.69) is 4.98 Å². The van der Waals surface area contributed by atoms with E-state index < -0.39 is 4.92 Å². The van der Waals surface area contributed by atoms with E-state index in [0.717, 1.165) is 15.5 Å². The van der Waals surface area contributed by atoms with E-state index in [1.54, 1.807) is 17.8 Å². The molecule has 0 aliphatic rings. The van der Waals surface area contributed by atoms with Gasteiger partial charge < -0.3 is 10.5 Å². The van der Waals surface area contributed by atoms with Gasteiger partial charge in [-0.2, -0.15) is 0 Å². The summed E-state index contributed by atoms with van der Waals surface area (Å²) in [6.45, 7) is 1.89. The van der Waals surface area contributed by atoms with Crippen LogP contribution in [0.4, 0.5) is 10.8 Å². The highest BCUT2D eigenvalue weighted by Crippen LogP contribution is 2.34. The normalized spacial score (nSPS) is 10.5. The number of rotatable bonds is 5. The van der Waals surface area contributed by atoms with E-state index in [9.17, 15) is 10.1 Å². The van der Waals surface area contributed by atoms with Crippen molar-refractivity contribution in [2.45, 2.75) is 16.9 Å². The number of nitrogens with two attached hydrogens (primary N) is 1. The van der Waals surface area contributed by atoms with E-state index in [4.69, 9.17) is 10.5 Å². The Morgan fingerprint density at radius 1 is 1.55 bits per heavy atom. The number of nitrogens with zero attached hydrogens (tertiary/aromatic N) is 2. The van der Waals surface area contributed by atoms with Crippen molar-refractivity contribution >= 4 is 33.9 Å². The Labute approximate surface area is 124 Å². The lowest BCUT2D eigenvalue weighted by Crippen LogP contribution is -1.95. The number of ether oxygens (including phenoxy) is 1. The molecule has 6 nitrogen and oxygen atoms in total. The molecule has 0 unspecified atom stereocenters. The van der Waals surface area contributed by atoms with Gasteiger partial charge in [0.15, 0.2) is 10.9 Å². The van der Waals surface area contributed by atoms with Crippen LogP contribution in [0.2, 0.25) is 0 Å². The summed E-state index contributed by atoms with van der Waals surface area (Å²) in [6.07, 6.45) is 0. The molecule has 1 heterocycles. The van der Waals surface area contributed by atoms with Crippen LogP contribution in [-0.2, 0) is 5.75 Å². The number of aryl methyl sites for hydroxylation is 1. The van der Waals surface area contributed by atoms with Crippen LogP contribution in [0, 0.1) is 17.0 Å². The smallest absolute Gasteiger partial charge is 0.311 e. The number of methoxy groups -OCH3 is 1. The summed E-state index contributed by atoms with van der Waals surface area (Å²) in [4.78, 5) is 14.7. The molecule has 8 heteroatoms. The molecule has 106 valence electrons. The predicted octanol–water partition coefficient (Wildman–Crippen LogP) is 3.24. The van der Waals surface area contributed by atoms with E-state index in [1.165, 1.54) is 24.5 Å². The van der Waals surface area contributed by atoms with Crippen molar-refractivity contribution in [2.75, 3.05) is 12.8 Å². The quantitative estimate of drug-likeness (QED) is 0.518. The highest BCUT2D eigenvalue weighted by Gasteiger charge is 2.15. The largest absolute Gasteiger partial charge is 0.490 e. The van der Waals surface area contributed by atoms with Crippen LogP contribution in [0.15, 0.2) is 22.4 Å². The minimum atomic E-state index is -0.442. The zero-order chi connectivity index (χ0) is 14.7. The lowest BCUT2D eigenvalue weighted by molar-refractivity contribution is -0.385. The second-order valence-electron chi connectivity index (χ2n) is 3.98. The predicted molar refractivity (Wildman–Crippen MR) is 80.5 cm³/mol. The van der Waals surface area contributed by atoms with Crippen LogP contribution in [0.1, 0.15) is 11.3 Å². The topological polar surface area (TPSA) is 91.3 Å². The standard InChI is InChI=1S/C12H13N3O3S2/c1-7-11(20-12(13)14-7)19-6-8-3-4-10(18-2)9(5-8)15(16)17/h3-5H,6H2,1-2H3,(H2,13,14). The summed E-state index contributed by atoms with van der Waals surface area (Å²) < 4.78 is 6.00. The number of aromatic nitrogens is 1. The Morgan fingerprint density at radius 3 is 2.85 bits per heavy atom. The fraction of sp³-hybridized carbons (Fsp3) is 0.250. The third-order valence-corrected chi connectivity index (χ3v) is 5.00. The molecule has 0 fully saturated rings. The maximum atomic E-state index is 11.0. The average molecular weight is 311 g/mol. The molecule has 0 amide bonds. The summed E-state index contributed by atoms with van der Waals surface area (Å²) in [7, 11) is 1.42. The molecule has 0 aliphatic heterocycles. The number of benzene rings is 1. The molecule has 2 aromatic rings. The SMILES string of the molecule is COc1ccc(CSc2sc(N)nc2C)cc1[N+](=O)[O-]. The van der Waals surface area contributed by atoms with Gasteiger partial charge in [-0.1, -0.05) is 17.4 Å². The fourth-order valence-corrected chi connectivity index (χ4v) is 3.62. The van der Waals surface area contributed by atoms with Gasteiger partial charge in [-0.05, 0) is 18.6 Å². The molecule has 0 atom stereocenters. The number of nitro groups is 1. The van der Waals surface area contributed by atoms with Crippen molar-refractivity contribution in [1.29, 1.82) is 0 Å². The second kappa shape index (κ2) is 6.10. The first kappa shape index (κ1) is 14.6. The summed E-state index contributed by atoms with van der Waals surface area (Å²) in [5.74, 6) is 0.884. The zero-order valence-corrected chi connectivity index (χ0v) is 12.6. The molecule has 0 spiro atoms. The Balaban J connectivity index is 2.16. The number of hydrogen-bond acceptors (Lipinski definition) is 7. The Hall–Kier alpha value is -1.80. The molecule has 2 rings (SSSR count). The highest BCUT2D eigenvalue weighted by atomic mass is 32.2. The van der Waals surface area contributed by atoms with E-state index >= 15 is 0 Å². The number of thioether (sulfide) groups is 1. The number of anilines is 1. The van der Waals surface area contributed by atoms with Gasteiger partial charge >= 0.3 is 5.69 Å². The van der Waals surface area contributed by atoms with Crippen LogP contribution >= 0.6 is 23.1 Å². The third kappa shape index (κ3) is 3.20. The first-order valence-corrected chi connectivity index (χ1v) is 7.48. The van der Waals surface area contributed by atoms with Gasteiger partial charge in [0.1, 0.15) is 0 Å². The molecule has 2 N–H and O–H groups in total. The van der Waals surface area contributed by atoms with Crippen molar-refractivity contribution < 1.29 is 9.66 Å². The molecule has 0 bridgehead atoms. The summed E-state index contributed by atoms with van der Waals surface area (Å²) in [5, 5.41) is 11.5. The molecule has 0 aliphatic carbocycles. The molecule has 0 radical (unpaired) electrons. The Bertz CT molecular complexity index is 643. The van der Waals surface area contributed by atoms with Gasteiger partial charge in [0.25, 0.3) is 0 Å². The van der Waals surface area contributed by atoms with Crippen molar-refractivity contribution in [3.63, 3.8) is 0 Å². The van der Waals surface area contributed by atoms with Crippen LogP contribution in [0.3, 0.4) is 0 Å². The minimum Gasteiger partial charge on any atom is -0.490 e. The molecule has 1 aromatic heterocycles. The van der Waals surface area contributed by atoms with Crippen molar-refractivity contribution in [1.82, 2.24) is 4.98 Å². The molecule has 0 saturated carbocycles. The summed E-state index contributed by atoms with van der Waals surface area (Å²) >= 11 is 2.99. The first-order valence-electron chi connectivity index (χ1n) is 5.68. The lowest BCUT2D eigenvalue weighted by atomic mass is 10.2. The maximum absolute atomic E-state index is 11.0. The van der Waals surface area contributed by atoms with Gasteiger partial charge in [-0.25, -0.2) is 4.98 Å². The van der Waals surface area contributed by atoms with Gasteiger partial charge in [-0.15, -0.1) is 11.8 Å². The Morgan fingerprint density at radius 2 is 2.30 bits per heavy atom. The monoisotopic (exact) mass is 311 g/mol. The molecule has 0 saturated heterocycles. The minimum absolute atomic E-state index is 0.0221. The number of nitrogen functional groups attached to an aromatic ring is 1. The van der Waals surface area contributed by atoms with Gasteiger partial charge in [0.2, 0.25) is 0 Å². The van der Waals surface area contributed by atoms with Crippen LogP contribution in [0.25, 0.3) is 0 Å². The first-order chi connectivity index (χ1) is 9.51. The highest BCUT2D eigenvalue weighted by molar-refractivity contribution is 8.00. The van der Waals surface area contributed by atoms with Crippen LogP contribution in [0.5, 0.6) is 5.75 Å². The van der Waals surface area contributed by atoms with Gasteiger partial charge in [0, 0.05) is 11.8 Å². The van der Waals surface area contributed by atoms with Crippen molar-refractivity contribution in [3.05, 3.63) is 39.6 Å². The van der Waals surface area contributed by atoms with E-state index in [1.807, 2.05) is 13.0 Å².